The van der Waals surface area contributed by atoms with Gasteiger partial charge in [0.1, 0.15) is 5.75 Å². The zero-order chi connectivity index (χ0) is 14.1. The lowest BCUT2D eigenvalue weighted by Gasteiger charge is -2.26. The lowest BCUT2D eigenvalue weighted by Crippen LogP contribution is -2.24. The quantitative estimate of drug-likeness (QED) is 0.781. The third kappa shape index (κ3) is 2.97. The Morgan fingerprint density at radius 1 is 1.15 bits per heavy atom. The van der Waals surface area contributed by atoms with Crippen LogP contribution in [0.1, 0.15) is 36.0 Å². The molecule has 5 heteroatoms. The molecular weight excluding hydrogens is 282 g/mol. The average Bonchev–Trinajstić information content (AvgIpc) is 2.77. The fourth-order valence-corrected chi connectivity index (χ4v) is 4.88. The lowest BCUT2D eigenvalue weighted by atomic mass is 9.90. The normalized spacial score (nSPS) is 28.6. The van der Waals surface area contributed by atoms with E-state index in [1.54, 1.807) is 12.1 Å². The molecule has 0 aromatic heterocycles. The first-order valence-electron chi connectivity index (χ1n) is 6.86. The Labute approximate surface area is 120 Å². The average molecular weight is 298 g/mol. The number of carbonyl (C=O) groups is 1. The van der Waals surface area contributed by atoms with Gasteiger partial charge in [0, 0.05) is 22.0 Å². The van der Waals surface area contributed by atoms with E-state index in [4.69, 9.17) is 0 Å². The van der Waals surface area contributed by atoms with Crippen LogP contribution in [0.15, 0.2) is 24.3 Å². The van der Waals surface area contributed by atoms with E-state index in [2.05, 4.69) is 4.74 Å². The summed E-state index contributed by atoms with van der Waals surface area (Å²) in [6.07, 6.45) is 4.35. The molecule has 20 heavy (non-hydrogen) atoms. The summed E-state index contributed by atoms with van der Waals surface area (Å²) in [4.78, 5) is 12.5. The van der Waals surface area contributed by atoms with Gasteiger partial charge in [0.25, 0.3) is 0 Å². The van der Waals surface area contributed by atoms with Crippen LogP contribution in [-0.4, -0.2) is 22.9 Å². The molecule has 0 N–H and O–H groups in total. The van der Waals surface area contributed by atoms with Gasteiger partial charge in [-0.25, -0.2) is 0 Å². The molecule has 2 aliphatic heterocycles. The third-order valence-electron chi connectivity index (χ3n) is 4.03. The summed E-state index contributed by atoms with van der Waals surface area (Å²) in [5.74, 6) is 0.331. The topological polar surface area (TPSA) is 26.3 Å². The number of benzene rings is 1. The molecule has 0 spiro atoms. The molecule has 1 aromatic carbocycles. The molecule has 2 heterocycles. The Bertz CT molecular complexity index is 477. The van der Waals surface area contributed by atoms with Gasteiger partial charge in [-0.15, -0.1) is 0 Å². The second-order valence-electron chi connectivity index (χ2n) is 5.39. The Hall–Kier alpha value is -1.10. The maximum Gasteiger partial charge on any atom is 0.387 e. The Morgan fingerprint density at radius 3 is 2.30 bits per heavy atom. The minimum atomic E-state index is -2.83. The minimum Gasteiger partial charge on any atom is -0.435 e. The molecule has 3 rings (SSSR count). The maximum atomic E-state index is 12.5. The Kier molecular flexibility index (Phi) is 3.96. The number of ketones is 1. The first-order chi connectivity index (χ1) is 9.61. The van der Waals surface area contributed by atoms with Crippen molar-refractivity contribution in [2.45, 2.75) is 42.8 Å². The van der Waals surface area contributed by atoms with Gasteiger partial charge < -0.3 is 4.74 Å². The van der Waals surface area contributed by atoms with E-state index in [0.717, 1.165) is 12.8 Å². The molecular formula is C15H16F2O2S. The van der Waals surface area contributed by atoms with Crippen LogP contribution in [0.5, 0.6) is 5.75 Å². The number of Topliss-reactive ketones (excluding diaryl/α,β-unsaturated/α-hetero) is 1. The summed E-state index contributed by atoms with van der Waals surface area (Å²) >= 11 is 2.02. The number of alkyl halides is 2. The van der Waals surface area contributed by atoms with Gasteiger partial charge in [0.05, 0.1) is 0 Å². The van der Waals surface area contributed by atoms with Gasteiger partial charge >= 0.3 is 6.61 Å². The first kappa shape index (κ1) is 13.9. The SMILES string of the molecule is O=C(c1ccc(OC(F)F)cc1)C1CC2CCC(C1)S2. The molecule has 2 saturated heterocycles. The number of hydrogen-bond donors (Lipinski definition) is 0. The van der Waals surface area contributed by atoms with Crippen molar-refractivity contribution in [2.24, 2.45) is 5.92 Å². The standard InChI is InChI=1S/C15H16F2O2S/c16-15(17)19-11-3-1-9(2-4-11)14(18)10-7-12-5-6-13(8-10)20-12/h1-4,10,12-13,15H,5-8H2. The first-order valence-corrected chi connectivity index (χ1v) is 7.80. The van der Waals surface area contributed by atoms with E-state index in [1.165, 1.54) is 25.0 Å². The molecule has 2 aliphatic rings. The number of hydrogen-bond acceptors (Lipinski definition) is 3. The highest BCUT2D eigenvalue weighted by molar-refractivity contribution is 8.00. The van der Waals surface area contributed by atoms with Crippen molar-refractivity contribution >= 4 is 17.5 Å². The van der Waals surface area contributed by atoms with Crippen LogP contribution in [0.3, 0.4) is 0 Å². The molecule has 0 saturated carbocycles. The highest BCUT2D eigenvalue weighted by atomic mass is 32.2. The van der Waals surface area contributed by atoms with Crippen LogP contribution < -0.4 is 4.74 Å². The molecule has 0 aliphatic carbocycles. The summed E-state index contributed by atoms with van der Waals surface area (Å²) in [7, 11) is 0. The van der Waals surface area contributed by atoms with E-state index in [-0.39, 0.29) is 17.5 Å². The number of halogens is 2. The smallest absolute Gasteiger partial charge is 0.387 e. The van der Waals surface area contributed by atoms with Crippen LogP contribution in [0.2, 0.25) is 0 Å². The number of thioether (sulfide) groups is 1. The zero-order valence-electron chi connectivity index (χ0n) is 10.9. The largest absolute Gasteiger partial charge is 0.435 e. The van der Waals surface area contributed by atoms with Crippen molar-refractivity contribution in [2.75, 3.05) is 0 Å². The van der Waals surface area contributed by atoms with Gasteiger partial charge in [-0.3, -0.25) is 4.79 Å². The zero-order valence-corrected chi connectivity index (χ0v) is 11.7. The Balaban J connectivity index is 1.67. The van der Waals surface area contributed by atoms with Crippen molar-refractivity contribution in [3.05, 3.63) is 29.8 Å². The van der Waals surface area contributed by atoms with Gasteiger partial charge in [-0.1, -0.05) is 0 Å². The summed E-state index contributed by atoms with van der Waals surface area (Å²) < 4.78 is 28.4. The molecule has 2 bridgehead atoms. The van der Waals surface area contributed by atoms with Crippen LogP contribution in [0, 0.1) is 5.92 Å². The third-order valence-corrected chi connectivity index (χ3v) is 5.65. The van der Waals surface area contributed by atoms with Crippen molar-refractivity contribution < 1.29 is 18.3 Å². The second-order valence-corrected chi connectivity index (χ2v) is 7.00. The van der Waals surface area contributed by atoms with E-state index >= 15 is 0 Å². The molecule has 2 atom stereocenters. The number of fused-ring (bicyclic) bond motifs is 2. The molecule has 2 fully saturated rings. The molecule has 2 nitrogen and oxygen atoms in total. The van der Waals surface area contributed by atoms with Crippen molar-refractivity contribution in [1.29, 1.82) is 0 Å². The van der Waals surface area contributed by atoms with E-state index < -0.39 is 6.61 Å². The van der Waals surface area contributed by atoms with Gasteiger partial charge in [-0.2, -0.15) is 20.5 Å². The highest BCUT2D eigenvalue weighted by Gasteiger charge is 2.37. The monoisotopic (exact) mass is 298 g/mol. The molecule has 0 radical (unpaired) electrons. The van der Waals surface area contributed by atoms with E-state index in [1.807, 2.05) is 11.8 Å². The van der Waals surface area contributed by atoms with Gasteiger partial charge in [0.15, 0.2) is 5.78 Å². The molecule has 0 amide bonds. The van der Waals surface area contributed by atoms with Crippen molar-refractivity contribution in [3.8, 4) is 5.75 Å². The van der Waals surface area contributed by atoms with Gasteiger partial charge in [-0.05, 0) is 49.9 Å². The van der Waals surface area contributed by atoms with Gasteiger partial charge in [0.2, 0.25) is 0 Å². The molecule has 108 valence electrons. The molecule has 1 aromatic rings. The van der Waals surface area contributed by atoms with E-state index in [9.17, 15) is 13.6 Å². The summed E-state index contributed by atoms with van der Waals surface area (Å²) in [5, 5.41) is 1.26. The van der Waals surface area contributed by atoms with Crippen LogP contribution in [0.4, 0.5) is 8.78 Å². The van der Waals surface area contributed by atoms with Crippen molar-refractivity contribution in [3.63, 3.8) is 0 Å². The summed E-state index contributed by atoms with van der Waals surface area (Å²) in [5.41, 5.74) is 0.600. The fourth-order valence-electron chi connectivity index (χ4n) is 3.11. The minimum absolute atomic E-state index is 0.0932. The second kappa shape index (κ2) is 5.72. The van der Waals surface area contributed by atoms with Crippen molar-refractivity contribution in [1.82, 2.24) is 0 Å². The maximum absolute atomic E-state index is 12.5. The number of carbonyl (C=O) groups excluding carboxylic acids is 1. The van der Waals surface area contributed by atoms with E-state index in [0.29, 0.717) is 16.1 Å². The van der Waals surface area contributed by atoms with Crippen LogP contribution in [0.25, 0.3) is 0 Å². The number of rotatable bonds is 4. The predicted molar refractivity (Wildman–Crippen MR) is 74.5 cm³/mol. The highest BCUT2D eigenvalue weighted by Crippen LogP contribution is 2.46. The van der Waals surface area contributed by atoms with Crippen LogP contribution in [-0.2, 0) is 0 Å². The predicted octanol–water partition coefficient (Wildman–Crippen LogP) is 4.14. The molecule has 2 unspecified atom stereocenters. The summed E-state index contributed by atoms with van der Waals surface area (Å²) in [6.45, 7) is -2.83. The fraction of sp³-hybridized carbons (Fsp3) is 0.533. The van der Waals surface area contributed by atoms with Crippen LogP contribution >= 0.6 is 11.8 Å². The lowest BCUT2D eigenvalue weighted by molar-refractivity contribution is -0.0498. The number of ether oxygens (including phenoxy) is 1. The Morgan fingerprint density at radius 2 is 1.75 bits per heavy atom. The summed E-state index contributed by atoms with van der Waals surface area (Å²) in [6, 6.07) is 6.05.